The number of nitrogens with one attached hydrogen (secondary N) is 3. The lowest BCUT2D eigenvalue weighted by atomic mass is 9.99. The summed E-state index contributed by atoms with van der Waals surface area (Å²) in [6.45, 7) is 10.2. The van der Waals surface area contributed by atoms with Crippen LogP contribution in [0.3, 0.4) is 0 Å². The van der Waals surface area contributed by atoms with Gasteiger partial charge in [-0.15, -0.1) is 35.3 Å². The number of thiophene rings is 1. The molecule has 3 N–H and O–H groups in total. The molecule has 2 heterocycles. The number of likely N-dealkylation sites (tertiary alicyclic amines) is 1. The number of rotatable bonds is 10. The zero-order chi connectivity index (χ0) is 19.5. The van der Waals surface area contributed by atoms with E-state index in [2.05, 4.69) is 32.2 Å². The molecule has 0 aromatic carbocycles. The van der Waals surface area contributed by atoms with Gasteiger partial charge in [0.2, 0.25) is 10.0 Å². The fourth-order valence-corrected chi connectivity index (χ4v) is 5.04. The average molecular weight is 544 g/mol. The zero-order valence-electron chi connectivity index (χ0n) is 16.8. The Bertz CT molecular complexity index is 660. The van der Waals surface area contributed by atoms with Crippen molar-refractivity contribution in [2.24, 2.45) is 10.9 Å². The van der Waals surface area contributed by atoms with Crippen LogP contribution in [0.5, 0.6) is 0 Å². The molecule has 0 radical (unpaired) electrons. The lowest BCUT2D eigenvalue weighted by Crippen LogP contribution is -2.41. The van der Waals surface area contributed by atoms with Crippen LogP contribution in [-0.2, 0) is 10.0 Å². The van der Waals surface area contributed by atoms with E-state index in [9.17, 15) is 8.42 Å². The van der Waals surface area contributed by atoms with Crippen molar-refractivity contribution >= 4 is 51.3 Å². The number of piperidine rings is 1. The number of hydrogen-bond donors (Lipinski definition) is 3. The lowest BCUT2D eigenvalue weighted by Gasteiger charge is -2.29. The van der Waals surface area contributed by atoms with E-state index in [0.29, 0.717) is 17.3 Å². The van der Waals surface area contributed by atoms with Gasteiger partial charge in [-0.1, -0.05) is 13.0 Å². The molecular formula is C18H34IN5O2S2. The molecule has 0 atom stereocenters. The molecule has 0 spiro atoms. The Morgan fingerprint density at radius 3 is 2.68 bits per heavy atom. The van der Waals surface area contributed by atoms with E-state index in [0.717, 1.165) is 37.9 Å². The summed E-state index contributed by atoms with van der Waals surface area (Å²) in [5, 5.41) is 8.14. The van der Waals surface area contributed by atoms with Gasteiger partial charge in [0, 0.05) is 26.2 Å². The first-order chi connectivity index (χ1) is 13.0. The van der Waals surface area contributed by atoms with Gasteiger partial charge >= 0.3 is 0 Å². The van der Waals surface area contributed by atoms with E-state index < -0.39 is 10.0 Å². The Morgan fingerprint density at radius 2 is 2.04 bits per heavy atom. The summed E-state index contributed by atoms with van der Waals surface area (Å²) < 4.78 is 27.1. The summed E-state index contributed by atoms with van der Waals surface area (Å²) in [5.74, 6) is 1.60. The van der Waals surface area contributed by atoms with Gasteiger partial charge in [0.15, 0.2) is 5.96 Å². The maximum atomic E-state index is 12.1. The number of nitrogens with zero attached hydrogens (tertiary/aromatic N) is 2. The minimum absolute atomic E-state index is 0. The van der Waals surface area contributed by atoms with Crippen LogP contribution in [0.25, 0.3) is 0 Å². The molecule has 0 saturated carbocycles. The van der Waals surface area contributed by atoms with E-state index in [1.54, 1.807) is 17.5 Å². The minimum Gasteiger partial charge on any atom is -0.357 e. The smallest absolute Gasteiger partial charge is 0.250 e. The third-order valence-electron chi connectivity index (χ3n) is 4.59. The van der Waals surface area contributed by atoms with Gasteiger partial charge in [-0.3, -0.25) is 4.99 Å². The third-order valence-corrected chi connectivity index (χ3v) is 7.45. The highest BCUT2D eigenvalue weighted by Crippen LogP contribution is 2.16. The molecule has 1 aromatic rings. The van der Waals surface area contributed by atoms with Gasteiger partial charge in [-0.2, -0.15) is 0 Å². The summed E-state index contributed by atoms with van der Waals surface area (Å²) in [5.41, 5.74) is 0. The number of guanidine groups is 1. The predicted octanol–water partition coefficient (Wildman–Crippen LogP) is 2.32. The maximum Gasteiger partial charge on any atom is 0.250 e. The highest BCUT2D eigenvalue weighted by atomic mass is 127. The first-order valence-corrected chi connectivity index (χ1v) is 12.1. The van der Waals surface area contributed by atoms with E-state index in [1.807, 2.05) is 6.92 Å². The summed E-state index contributed by atoms with van der Waals surface area (Å²) in [6.07, 6.45) is 3.64. The summed E-state index contributed by atoms with van der Waals surface area (Å²) in [6, 6.07) is 3.34. The first-order valence-electron chi connectivity index (χ1n) is 9.79. The minimum atomic E-state index is -3.40. The maximum absolute atomic E-state index is 12.1. The van der Waals surface area contributed by atoms with Gasteiger partial charge < -0.3 is 15.5 Å². The number of halogens is 1. The van der Waals surface area contributed by atoms with Crippen LogP contribution in [0.1, 0.15) is 33.1 Å². The second-order valence-corrected chi connectivity index (χ2v) is 9.84. The largest absolute Gasteiger partial charge is 0.357 e. The average Bonchev–Trinajstić information content (AvgIpc) is 3.19. The fourth-order valence-electron chi connectivity index (χ4n) is 2.97. The van der Waals surface area contributed by atoms with Crippen molar-refractivity contribution in [3.63, 3.8) is 0 Å². The Balaban J connectivity index is 0.00000392. The predicted molar refractivity (Wildman–Crippen MR) is 128 cm³/mol. The van der Waals surface area contributed by atoms with Crippen molar-refractivity contribution in [3.05, 3.63) is 17.5 Å². The quantitative estimate of drug-likeness (QED) is 0.183. The Hall–Kier alpha value is -0.430. The van der Waals surface area contributed by atoms with Gasteiger partial charge in [0.05, 0.1) is 0 Å². The molecule has 10 heteroatoms. The van der Waals surface area contributed by atoms with Crippen LogP contribution >= 0.6 is 35.3 Å². The fraction of sp³-hybridized carbons (Fsp3) is 0.722. The van der Waals surface area contributed by atoms with Crippen LogP contribution in [0, 0.1) is 5.92 Å². The molecule has 0 amide bonds. The topological polar surface area (TPSA) is 85.8 Å². The van der Waals surface area contributed by atoms with Crippen molar-refractivity contribution in [2.75, 3.05) is 45.8 Å². The van der Waals surface area contributed by atoms with E-state index in [-0.39, 0.29) is 24.0 Å². The molecule has 0 aliphatic carbocycles. The van der Waals surface area contributed by atoms with Crippen molar-refractivity contribution in [2.45, 2.75) is 37.3 Å². The zero-order valence-corrected chi connectivity index (χ0v) is 20.8. The highest BCUT2D eigenvalue weighted by molar-refractivity contribution is 14.0. The molecule has 0 bridgehead atoms. The van der Waals surface area contributed by atoms with Gasteiger partial charge in [0.25, 0.3) is 0 Å². The van der Waals surface area contributed by atoms with E-state index >= 15 is 0 Å². The molecule has 7 nitrogen and oxygen atoms in total. The molecule has 28 heavy (non-hydrogen) atoms. The van der Waals surface area contributed by atoms with E-state index in [4.69, 9.17) is 0 Å². The molecule has 1 aliphatic rings. The molecule has 162 valence electrons. The number of sulfonamides is 1. The standard InChI is InChI=1S/C18H33N5O2S2.HI/c1-3-19-18(20-9-5-12-23-13-7-16(2)8-14-23)21-10-11-22-27(24,25)17-6-4-15-26-17;/h4,6,15-16,22H,3,5,7-14H2,1-2H3,(H2,19,20,21);1H. The van der Waals surface area contributed by atoms with Crippen molar-refractivity contribution in [1.29, 1.82) is 0 Å². The SMILES string of the molecule is CCNC(=NCCCN1CCC(C)CC1)NCCNS(=O)(=O)c1cccs1.I. The molecule has 2 rings (SSSR count). The number of aliphatic imine (C=N–C) groups is 1. The molecule has 1 aliphatic heterocycles. The molecule has 1 fully saturated rings. The molecule has 1 aromatic heterocycles. The van der Waals surface area contributed by atoms with Crippen molar-refractivity contribution < 1.29 is 8.42 Å². The number of hydrogen-bond acceptors (Lipinski definition) is 5. The van der Waals surface area contributed by atoms with Gasteiger partial charge in [-0.25, -0.2) is 13.1 Å². The van der Waals surface area contributed by atoms with Crippen LogP contribution in [0.15, 0.2) is 26.7 Å². The Labute approximate surface area is 190 Å². The third kappa shape index (κ3) is 9.38. The monoisotopic (exact) mass is 543 g/mol. The van der Waals surface area contributed by atoms with Crippen LogP contribution in [-0.4, -0.2) is 65.1 Å². The second-order valence-electron chi connectivity index (χ2n) is 6.90. The van der Waals surface area contributed by atoms with Crippen LogP contribution < -0.4 is 15.4 Å². The summed E-state index contributed by atoms with van der Waals surface area (Å²) in [4.78, 5) is 7.11. The highest BCUT2D eigenvalue weighted by Gasteiger charge is 2.15. The summed E-state index contributed by atoms with van der Waals surface area (Å²) in [7, 11) is -3.40. The van der Waals surface area contributed by atoms with E-state index in [1.165, 1.54) is 37.3 Å². The Morgan fingerprint density at radius 1 is 1.29 bits per heavy atom. The first kappa shape index (κ1) is 25.6. The molecule has 0 unspecified atom stereocenters. The lowest BCUT2D eigenvalue weighted by molar-refractivity contribution is 0.192. The van der Waals surface area contributed by atoms with Crippen LogP contribution in [0.2, 0.25) is 0 Å². The van der Waals surface area contributed by atoms with Crippen molar-refractivity contribution in [1.82, 2.24) is 20.3 Å². The summed E-state index contributed by atoms with van der Waals surface area (Å²) >= 11 is 1.22. The Kier molecular flexibility index (Phi) is 12.6. The second kappa shape index (κ2) is 13.7. The normalized spacial score (nSPS) is 16.6. The molecule has 1 saturated heterocycles. The van der Waals surface area contributed by atoms with Gasteiger partial charge in [-0.05, 0) is 63.2 Å². The molecular weight excluding hydrogens is 509 g/mol. The van der Waals surface area contributed by atoms with Crippen LogP contribution in [0.4, 0.5) is 0 Å². The van der Waals surface area contributed by atoms with Gasteiger partial charge in [0.1, 0.15) is 4.21 Å². The van der Waals surface area contributed by atoms with Crippen molar-refractivity contribution in [3.8, 4) is 0 Å².